The predicted octanol–water partition coefficient (Wildman–Crippen LogP) is 2.64. The number of carbonyl (C=O) groups excluding carboxylic acids is 1. The molecule has 2 aromatic rings. The summed E-state index contributed by atoms with van der Waals surface area (Å²) in [5.74, 6) is 1.04. The van der Waals surface area contributed by atoms with E-state index in [-0.39, 0.29) is 22.1 Å². The van der Waals surface area contributed by atoms with Crippen LogP contribution in [-0.4, -0.2) is 59.7 Å². The van der Waals surface area contributed by atoms with Crippen molar-refractivity contribution >= 4 is 15.8 Å². The van der Waals surface area contributed by atoms with E-state index < -0.39 is 10.0 Å². The zero-order chi connectivity index (χ0) is 21.4. The SMILES string of the molecule is CC(=O)c1cccc(S(=O)(=O)N2CCN([C@H](C)c3nc(C(C)(C)C)no3)CC2)c1. The van der Waals surface area contributed by atoms with Crippen molar-refractivity contribution in [2.24, 2.45) is 0 Å². The molecule has 0 radical (unpaired) electrons. The van der Waals surface area contributed by atoms with Gasteiger partial charge in [-0.1, -0.05) is 38.1 Å². The lowest BCUT2D eigenvalue weighted by Gasteiger charge is -2.36. The first kappa shape index (κ1) is 21.6. The highest BCUT2D eigenvalue weighted by Gasteiger charge is 2.32. The van der Waals surface area contributed by atoms with Crippen LogP contribution in [0.2, 0.25) is 0 Å². The molecule has 1 atom stereocenters. The van der Waals surface area contributed by atoms with Crippen LogP contribution in [0.15, 0.2) is 33.7 Å². The molecule has 2 heterocycles. The number of rotatable bonds is 5. The van der Waals surface area contributed by atoms with Crippen molar-refractivity contribution in [3.05, 3.63) is 41.5 Å². The van der Waals surface area contributed by atoms with Gasteiger partial charge in [0.05, 0.1) is 10.9 Å². The number of sulfonamides is 1. The number of Topliss-reactive ketones (excluding diaryl/α,β-unsaturated/α-hetero) is 1. The zero-order valence-corrected chi connectivity index (χ0v) is 18.4. The molecule has 1 aromatic heterocycles. The summed E-state index contributed by atoms with van der Waals surface area (Å²) in [7, 11) is -3.64. The van der Waals surface area contributed by atoms with Gasteiger partial charge in [0.2, 0.25) is 15.9 Å². The molecule has 1 aliphatic rings. The topological polar surface area (TPSA) is 96.6 Å². The fourth-order valence-corrected chi connectivity index (χ4v) is 4.69. The van der Waals surface area contributed by atoms with Crippen molar-refractivity contribution in [2.75, 3.05) is 26.2 Å². The number of hydrogen-bond acceptors (Lipinski definition) is 7. The number of benzene rings is 1. The van der Waals surface area contributed by atoms with E-state index in [9.17, 15) is 13.2 Å². The van der Waals surface area contributed by atoms with E-state index in [2.05, 4.69) is 15.0 Å². The van der Waals surface area contributed by atoms with Crippen molar-refractivity contribution in [1.82, 2.24) is 19.3 Å². The standard InChI is InChI=1S/C20H28N4O4S/c1-14(18-21-19(22-28-18)20(3,4)5)23-9-11-24(12-10-23)29(26,27)17-8-6-7-16(13-17)15(2)25/h6-8,13-14H,9-12H2,1-5H3/t14-/m1/s1. The van der Waals surface area contributed by atoms with Gasteiger partial charge in [-0.2, -0.15) is 9.29 Å². The Hall–Kier alpha value is -2.10. The van der Waals surface area contributed by atoms with Gasteiger partial charge in [0.15, 0.2) is 11.6 Å². The number of carbonyl (C=O) groups is 1. The van der Waals surface area contributed by atoms with Gasteiger partial charge in [-0.15, -0.1) is 0 Å². The molecule has 1 fully saturated rings. The molecule has 9 heteroatoms. The molecule has 158 valence electrons. The van der Waals surface area contributed by atoms with Crippen molar-refractivity contribution < 1.29 is 17.7 Å². The minimum atomic E-state index is -3.64. The summed E-state index contributed by atoms with van der Waals surface area (Å²) in [5.41, 5.74) is 0.201. The summed E-state index contributed by atoms with van der Waals surface area (Å²) in [6.07, 6.45) is 0. The molecule has 0 unspecified atom stereocenters. The van der Waals surface area contributed by atoms with Crippen LogP contribution in [0.5, 0.6) is 0 Å². The van der Waals surface area contributed by atoms with E-state index >= 15 is 0 Å². The van der Waals surface area contributed by atoms with Gasteiger partial charge in [-0.05, 0) is 26.0 Å². The van der Waals surface area contributed by atoms with E-state index in [1.165, 1.54) is 23.4 Å². The zero-order valence-electron chi connectivity index (χ0n) is 17.5. The Morgan fingerprint density at radius 2 is 1.83 bits per heavy atom. The lowest BCUT2D eigenvalue weighted by atomic mass is 9.96. The maximum absolute atomic E-state index is 13.0. The monoisotopic (exact) mass is 420 g/mol. The average Bonchev–Trinajstić information content (AvgIpc) is 3.18. The van der Waals surface area contributed by atoms with Crippen LogP contribution in [0.25, 0.3) is 0 Å². The molecule has 0 N–H and O–H groups in total. The highest BCUT2D eigenvalue weighted by molar-refractivity contribution is 7.89. The molecule has 1 aliphatic heterocycles. The first-order valence-corrected chi connectivity index (χ1v) is 11.1. The van der Waals surface area contributed by atoms with Crippen molar-refractivity contribution in [2.45, 2.75) is 51.0 Å². The molecule has 0 saturated carbocycles. The third-order valence-corrected chi connectivity index (χ3v) is 7.06. The normalized spacial score (nSPS) is 18.0. The lowest BCUT2D eigenvalue weighted by molar-refractivity contribution is 0.101. The summed E-state index contributed by atoms with van der Waals surface area (Å²) in [5, 5.41) is 4.07. The van der Waals surface area contributed by atoms with Gasteiger partial charge in [-0.25, -0.2) is 8.42 Å². The molecule has 1 aromatic carbocycles. The largest absolute Gasteiger partial charge is 0.338 e. The third kappa shape index (κ3) is 4.57. The highest BCUT2D eigenvalue weighted by Crippen LogP contribution is 2.26. The highest BCUT2D eigenvalue weighted by atomic mass is 32.2. The van der Waals surface area contributed by atoms with Crippen molar-refractivity contribution in [3.63, 3.8) is 0 Å². The van der Waals surface area contributed by atoms with Crippen LogP contribution in [0.4, 0.5) is 0 Å². The number of nitrogens with zero attached hydrogens (tertiary/aromatic N) is 4. The molecule has 0 amide bonds. The van der Waals surface area contributed by atoms with E-state index in [0.717, 1.165) is 0 Å². The van der Waals surface area contributed by atoms with Gasteiger partial charge in [-0.3, -0.25) is 9.69 Å². The quantitative estimate of drug-likeness (QED) is 0.686. The maximum atomic E-state index is 13.0. The molecular weight excluding hydrogens is 392 g/mol. The van der Waals surface area contributed by atoms with E-state index in [4.69, 9.17) is 4.52 Å². The van der Waals surface area contributed by atoms with E-state index in [1.807, 2.05) is 27.7 Å². The van der Waals surface area contributed by atoms with Crippen LogP contribution in [0.1, 0.15) is 62.7 Å². The molecule has 0 spiro atoms. The predicted molar refractivity (Wildman–Crippen MR) is 108 cm³/mol. The molecule has 29 heavy (non-hydrogen) atoms. The van der Waals surface area contributed by atoms with Crippen molar-refractivity contribution in [1.29, 1.82) is 0 Å². The molecule has 0 bridgehead atoms. The second-order valence-corrected chi connectivity index (χ2v) is 10.3. The summed E-state index contributed by atoms with van der Waals surface area (Å²) in [6, 6.07) is 6.11. The van der Waals surface area contributed by atoms with E-state index in [1.54, 1.807) is 12.1 Å². The van der Waals surface area contributed by atoms with Gasteiger partial charge in [0.1, 0.15) is 0 Å². The molecule has 0 aliphatic carbocycles. The van der Waals surface area contributed by atoms with Crippen LogP contribution < -0.4 is 0 Å². The van der Waals surface area contributed by atoms with Crippen LogP contribution in [0, 0.1) is 0 Å². The molecular formula is C20H28N4O4S. The Balaban J connectivity index is 1.69. The lowest BCUT2D eigenvalue weighted by Crippen LogP contribution is -2.49. The van der Waals surface area contributed by atoms with Crippen LogP contribution in [0.3, 0.4) is 0 Å². The second-order valence-electron chi connectivity index (χ2n) is 8.41. The second kappa shape index (κ2) is 7.97. The van der Waals surface area contributed by atoms with Crippen LogP contribution in [-0.2, 0) is 15.4 Å². The average molecular weight is 421 g/mol. The summed E-state index contributed by atoms with van der Waals surface area (Å²) in [4.78, 5) is 18.4. The first-order chi connectivity index (χ1) is 13.5. The Kier molecular flexibility index (Phi) is 5.93. The van der Waals surface area contributed by atoms with Gasteiger partial charge < -0.3 is 4.52 Å². The van der Waals surface area contributed by atoms with Gasteiger partial charge in [0.25, 0.3) is 0 Å². The summed E-state index contributed by atoms with van der Waals surface area (Å²) >= 11 is 0. The molecule has 3 rings (SSSR count). The number of aromatic nitrogens is 2. The van der Waals surface area contributed by atoms with Crippen LogP contribution >= 0.6 is 0 Å². The van der Waals surface area contributed by atoms with Crippen molar-refractivity contribution in [3.8, 4) is 0 Å². The summed E-state index contributed by atoms with van der Waals surface area (Å²) < 4.78 is 32.9. The summed E-state index contributed by atoms with van der Waals surface area (Å²) in [6.45, 7) is 11.3. The Morgan fingerprint density at radius 3 is 2.38 bits per heavy atom. The number of piperazine rings is 1. The smallest absolute Gasteiger partial charge is 0.243 e. The Morgan fingerprint density at radius 1 is 1.17 bits per heavy atom. The minimum absolute atomic E-state index is 0.0931. The third-order valence-electron chi connectivity index (χ3n) is 5.17. The maximum Gasteiger partial charge on any atom is 0.243 e. The molecule has 1 saturated heterocycles. The number of hydrogen-bond donors (Lipinski definition) is 0. The Bertz CT molecular complexity index is 986. The van der Waals surface area contributed by atoms with Gasteiger partial charge in [0, 0.05) is 37.2 Å². The fraction of sp³-hybridized carbons (Fsp3) is 0.550. The van der Waals surface area contributed by atoms with Gasteiger partial charge >= 0.3 is 0 Å². The Labute approximate surface area is 171 Å². The number of ketones is 1. The minimum Gasteiger partial charge on any atom is -0.338 e. The first-order valence-electron chi connectivity index (χ1n) is 9.69. The molecule has 8 nitrogen and oxygen atoms in total. The van der Waals surface area contributed by atoms with E-state index in [0.29, 0.717) is 43.5 Å². The fourth-order valence-electron chi connectivity index (χ4n) is 3.22.